The second kappa shape index (κ2) is 3.65. The summed E-state index contributed by atoms with van der Waals surface area (Å²) in [5, 5.41) is 6.67. The van der Waals surface area contributed by atoms with Crippen LogP contribution in [0.5, 0.6) is 0 Å². The molecule has 4 heteroatoms. The summed E-state index contributed by atoms with van der Waals surface area (Å²) in [6.07, 6.45) is 1.63. The molecule has 2 heterocycles. The van der Waals surface area contributed by atoms with Crippen LogP contribution in [-0.2, 0) is 0 Å². The smallest absolute Gasteiger partial charge is 0.213 e. The Hall–Kier alpha value is -1.97. The van der Waals surface area contributed by atoms with Gasteiger partial charge in [0, 0.05) is 23.1 Å². The molecule has 76 valence electrons. The van der Waals surface area contributed by atoms with Crippen LogP contribution in [0.4, 0.5) is 0 Å². The standard InChI is InChI=1S/C11H11N3O/c1-7-5-9(3-4-12-7)11(15)10-6-8(2)13-14-10/h3-6H,1-2H3,(H,13,14). The largest absolute Gasteiger partial charge is 0.287 e. The molecular weight excluding hydrogens is 190 g/mol. The predicted octanol–water partition coefficient (Wildman–Crippen LogP) is 1.65. The quantitative estimate of drug-likeness (QED) is 0.751. The van der Waals surface area contributed by atoms with Crippen LogP contribution in [0.3, 0.4) is 0 Å². The van der Waals surface area contributed by atoms with Crippen LogP contribution >= 0.6 is 0 Å². The molecule has 2 aromatic heterocycles. The van der Waals surface area contributed by atoms with Crippen LogP contribution in [0, 0.1) is 13.8 Å². The van der Waals surface area contributed by atoms with Gasteiger partial charge in [0.1, 0.15) is 5.69 Å². The van der Waals surface area contributed by atoms with Gasteiger partial charge in [0.2, 0.25) is 5.78 Å². The van der Waals surface area contributed by atoms with E-state index < -0.39 is 0 Å². The molecule has 0 aliphatic heterocycles. The summed E-state index contributed by atoms with van der Waals surface area (Å²) < 4.78 is 0. The Morgan fingerprint density at radius 3 is 2.73 bits per heavy atom. The average molecular weight is 201 g/mol. The van der Waals surface area contributed by atoms with E-state index in [1.807, 2.05) is 13.8 Å². The molecule has 0 saturated carbocycles. The molecule has 0 atom stereocenters. The topological polar surface area (TPSA) is 58.6 Å². The summed E-state index contributed by atoms with van der Waals surface area (Å²) in [5.74, 6) is -0.0788. The first-order valence-corrected chi connectivity index (χ1v) is 4.66. The Labute approximate surface area is 87.4 Å². The predicted molar refractivity (Wildman–Crippen MR) is 55.7 cm³/mol. The van der Waals surface area contributed by atoms with E-state index in [0.29, 0.717) is 11.3 Å². The van der Waals surface area contributed by atoms with E-state index >= 15 is 0 Å². The molecule has 0 saturated heterocycles. The third-order valence-electron chi connectivity index (χ3n) is 2.10. The second-order valence-corrected chi connectivity index (χ2v) is 3.45. The van der Waals surface area contributed by atoms with E-state index in [0.717, 1.165) is 11.4 Å². The molecule has 4 nitrogen and oxygen atoms in total. The third-order valence-corrected chi connectivity index (χ3v) is 2.10. The Kier molecular flexibility index (Phi) is 2.33. The number of H-pyrrole nitrogens is 1. The van der Waals surface area contributed by atoms with E-state index in [4.69, 9.17) is 0 Å². The monoisotopic (exact) mass is 201 g/mol. The number of aromatic amines is 1. The normalized spacial score (nSPS) is 10.3. The molecule has 2 aromatic rings. The zero-order valence-electron chi connectivity index (χ0n) is 8.61. The molecule has 0 unspecified atom stereocenters. The Morgan fingerprint density at radius 1 is 1.33 bits per heavy atom. The summed E-state index contributed by atoms with van der Waals surface area (Å²) in [7, 11) is 0. The number of nitrogens with one attached hydrogen (secondary N) is 1. The van der Waals surface area contributed by atoms with Crippen LogP contribution < -0.4 is 0 Å². The molecular formula is C11H11N3O. The fourth-order valence-electron chi connectivity index (χ4n) is 1.37. The van der Waals surface area contributed by atoms with Gasteiger partial charge in [-0.3, -0.25) is 14.9 Å². The zero-order valence-corrected chi connectivity index (χ0v) is 8.61. The average Bonchev–Trinajstić information content (AvgIpc) is 2.64. The highest BCUT2D eigenvalue weighted by molar-refractivity contribution is 6.07. The lowest BCUT2D eigenvalue weighted by Crippen LogP contribution is -2.02. The Bertz CT molecular complexity index is 502. The van der Waals surface area contributed by atoms with Crippen molar-refractivity contribution in [2.24, 2.45) is 0 Å². The highest BCUT2D eigenvalue weighted by Gasteiger charge is 2.11. The zero-order chi connectivity index (χ0) is 10.8. The van der Waals surface area contributed by atoms with Crippen LogP contribution in [0.1, 0.15) is 27.4 Å². The fourth-order valence-corrected chi connectivity index (χ4v) is 1.37. The fraction of sp³-hybridized carbons (Fsp3) is 0.182. The minimum absolute atomic E-state index is 0.0788. The molecule has 0 bridgehead atoms. The lowest BCUT2D eigenvalue weighted by atomic mass is 10.1. The van der Waals surface area contributed by atoms with Crippen molar-refractivity contribution in [3.8, 4) is 0 Å². The number of hydrogen-bond donors (Lipinski definition) is 1. The van der Waals surface area contributed by atoms with E-state index in [9.17, 15) is 4.79 Å². The second-order valence-electron chi connectivity index (χ2n) is 3.45. The van der Waals surface area contributed by atoms with Crippen LogP contribution in [0.2, 0.25) is 0 Å². The number of aryl methyl sites for hydroxylation is 2. The molecule has 0 aromatic carbocycles. The van der Waals surface area contributed by atoms with Gasteiger partial charge in [-0.15, -0.1) is 0 Å². The summed E-state index contributed by atoms with van der Waals surface area (Å²) in [6, 6.07) is 5.18. The van der Waals surface area contributed by atoms with E-state index in [1.54, 1.807) is 24.4 Å². The van der Waals surface area contributed by atoms with Crippen LogP contribution in [-0.4, -0.2) is 21.0 Å². The van der Waals surface area contributed by atoms with Gasteiger partial charge in [-0.1, -0.05) is 0 Å². The van der Waals surface area contributed by atoms with Gasteiger partial charge in [0.15, 0.2) is 0 Å². The SMILES string of the molecule is Cc1cc(C(=O)c2cc(C)[nH]n2)ccn1. The minimum Gasteiger partial charge on any atom is -0.287 e. The minimum atomic E-state index is -0.0788. The summed E-state index contributed by atoms with van der Waals surface area (Å²) >= 11 is 0. The molecule has 0 aliphatic carbocycles. The number of carbonyl (C=O) groups is 1. The number of nitrogens with zero attached hydrogens (tertiary/aromatic N) is 2. The maximum Gasteiger partial charge on any atom is 0.213 e. The molecule has 1 N–H and O–H groups in total. The number of pyridine rings is 1. The van der Waals surface area contributed by atoms with Gasteiger partial charge in [-0.2, -0.15) is 5.10 Å². The highest BCUT2D eigenvalue weighted by Crippen LogP contribution is 2.08. The van der Waals surface area contributed by atoms with E-state index in [1.165, 1.54) is 0 Å². The van der Waals surface area contributed by atoms with Crippen molar-refractivity contribution in [2.45, 2.75) is 13.8 Å². The molecule has 0 fully saturated rings. The lowest BCUT2D eigenvalue weighted by Gasteiger charge is -1.97. The Balaban J connectivity index is 2.36. The maximum atomic E-state index is 11.9. The summed E-state index contributed by atoms with van der Waals surface area (Å²) in [5.41, 5.74) is 2.77. The molecule has 0 aliphatic rings. The van der Waals surface area contributed by atoms with Gasteiger partial charge in [-0.25, -0.2) is 0 Å². The van der Waals surface area contributed by atoms with Crippen molar-refractivity contribution in [3.63, 3.8) is 0 Å². The number of carbonyl (C=O) groups excluding carboxylic acids is 1. The van der Waals surface area contributed by atoms with Crippen molar-refractivity contribution in [3.05, 3.63) is 47.0 Å². The third kappa shape index (κ3) is 1.93. The summed E-state index contributed by atoms with van der Waals surface area (Å²) in [6.45, 7) is 3.72. The van der Waals surface area contributed by atoms with E-state index in [2.05, 4.69) is 15.2 Å². The van der Waals surface area contributed by atoms with Crippen molar-refractivity contribution in [1.82, 2.24) is 15.2 Å². The number of rotatable bonds is 2. The van der Waals surface area contributed by atoms with Crippen molar-refractivity contribution in [2.75, 3.05) is 0 Å². The number of aromatic nitrogens is 3. The first-order valence-electron chi connectivity index (χ1n) is 4.66. The van der Waals surface area contributed by atoms with Gasteiger partial charge in [-0.05, 0) is 32.0 Å². The van der Waals surface area contributed by atoms with Crippen molar-refractivity contribution < 1.29 is 4.79 Å². The summed E-state index contributed by atoms with van der Waals surface area (Å²) in [4.78, 5) is 15.9. The van der Waals surface area contributed by atoms with Crippen molar-refractivity contribution >= 4 is 5.78 Å². The molecule has 0 radical (unpaired) electrons. The van der Waals surface area contributed by atoms with E-state index in [-0.39, 0.29) is 5.78 Å². The Morgan fingerprint density at radius 2 is 2.13 bits per heavy atom. The van der Waals surface area contributed by atoms with Gasteiger partial charge < -0.3 is 0 Å². The molecule has 0 spiro atoms. The van der Waals surface area contributed by atoms with Crippen molar-refractivity contribution in [1.29, 1.82) is 0 Å². The first-order chi connectivity index (χ1) is 7.16. The van der Waals surface area contributed by atoms with Crippen LogP contribution in [0.25, 0.3) is 0 Å². The number of hydrogen-bond acceptors (Lipinski definition) is 3. The molecule has 0 amide bonds. The molecule has 2 rings (SSSR count). The number of ketones is 1. The van der Waals surface area contributed by atoms with Gasteiger partial charge in [0.25, 0.3) is 0 Å². The van der Waals surface area contributed by atoms with Gasteiger partial charge >= 0.3 is 0 Å². The maximum absolute atomic E-state index is 11.9. The molecule has 15 heavy (non-hydrogen) atoms. The van der Waals surface area contributed by atoms with Gasteiger partial charge in [0.05, 0.1) is 0 Å². The lowest BCUT2D eigenvalue weighted by molar-refractivity contribution is 0.103. The van der Waals surface area contributed by atoms with Crippen LogP contribution in [0.15, 0.2) is 24.4 Å². The highest BCUT2D eigenvalue weighted by atomic mass is 16.1. The first kappa shape index (κ1) is 9.58.